The second-order valence-electron chi connectivity index (χ2n) is 12.0. The molecule has 11 heteroatoms. The molecule has 0 spiro atoms. The minimum Gasteiger partial charge on any atom is -0.493 e. The largest absolute Gasteiger partial charge is 0.493 e. The maximum Gasteiger partial charge on any atom is 0.247 e. The average Bonchev–Trinajstić information content (AvgIpc) is 3.76. The molecule has 1 heterocycles. The van der Waals surface area contributed by atoms with E-state index in [1.165, 1.54) is 26.4 Å². The van der Waals surface area contributed by atoms with Crippen molar-refractivity contribution >= 4 is 40.7 Å². The van der Waals surface area contributed by atoms with Crippen molar-refractivity contribution < 1.29 is 38.8 Å². The number of carbonyl (C=O) groups is 3. The third-order valence-electron chi connectivity index (χ3n) is 9.32. The van der Waals surface area contributed by atoms with Crippen molar-refractivity contribution in [2.24, 2.45) is 17.8 Å². The Morgan fingerprint density at radius 2 is 2.07 bits per heavy atom. The highest BCUT2D eigenvalue weighted by Crippen LogP contribution is 2.50. The number of amides is 2. The molecule has 5 rings (SSSR count). The summed E-state index contributed by atoms with van der Waals surface area (Å²) in [6.45, 7) is 0.851. The Balaban J connectivity index is 1.45. The van der Waals surface area contributed by atoms with E-state index in [4.69, 9.17) is 14.2 Å². The third-order valence-corrected chi connectivity index (χ3v) is 10.1. The van der Waals surface area contributed by atoms with Crippen molar-refractivity contribution in [1.82, 2.24) is 10.2 Å². The summed E-state index contributed by atoms with van der Waals surface area (Å²) in [6, 6.07) is 2.49. The van der Waals surface area contributed by atoms with Crippen LogP contribution in [0.5, 0.6) is 11.5 Å². The van der Waals surface area contributed by atoms with E-state index in [-0.39, 0.29) is 37.5 Å². The standard InChI is InChI=1S/C31H41IN2O8/c1-40-27-12-19(17-36)11-24(32)30(27)42-26-14-22(31(39)33-6-7-35)13-25(29(26)38)34(16-23-3-2-8-41-23)28(37)15-21-10-18-4-5-20(21)9-18/h11-12,14,17-18,20-21,23,25-26,29,35,38H,2-10,13,15-16H2,1H3,(H,33,39)/t18?,20?,21?,23-,25-,26+,29+/m1/s1. The number of aliphatic hydroxyl groups excluding tert-OH is 2. The van der Waals surface area contributed by atoms with Crippen LogP contribution in [0.3, 0.4) is 0 Å². The Kier molecular flexibility index (Phi) is 10.4. The van der Waals surface area contributed by atoms with Gasteiger partial charge in [0.05, 0.1) is 29.4 Å². The van der Waals surface area contributed by atoms with Crippen molar-refractivity contribution in [2.45, 2.75) is 75.7 Å². The summed E-state index contributed by atoms with van der Waals surface area (Å²) in [5.41, 5.74) is 0.784. The van der Waals surface area contributed by atoms with E-state index >= 15 is 0 Å². The van der Waals surface area contributed by atoms with Gasteiger partial charge in [0.2, 0.25) is 11.8 Å². The molecule has 0 aromatic heterocycles. The van der Waals surface area contributed by atoms with Gasteiger partial charge in [0.15, 0.2) is 11.5 Å². The van der Waals surface area contributed by atoms with E-state index in [9.17, 15) is 24.6 Å². The number of halogens is 1. The number of methoxy groups -OCH3 is 1. The average molecular weight is 697 g/mol. The van der Waals surface area contributed by atoms with Crippen molar-refractivity contribution in [1.29, 1.82) is 0 Å². The molecule has 230 valence electrons. The quantitative estimate of drug-likeness (QED) is 0.225. The normalized spacial score (nSPS) is 30.1. The summed E-state index contributed by atoms with van der Waals surface area (Å²) in [4.78, 5) is 40.4. The van der Waals surface area contributed by atoms with Gasteiger partial charge in [-0.2, -0.15) is 0 Å². The molecule has 3 aliphatic carbocycles. The molecule has 1 aliphatic heterocycles. The lowest BCUT2D eigenvalue weighted by Gasteiger charge is -2.42. The second-order valence-corrected chi connectivity index (χ2v) is 13.2. The molecular weight excluding hydrogens is 655 g/mol. The van der Waals surface area contributed by atoms with Crippen LogP contribution in [0.4, 0.5) is 0 Å². The number of ether oxygens (including phenoxy) is 3. The van der Waals surface area contributed by atoms with Crippen LogP contribution >= 0.6 is 22.6 Å². The van der Waals surface area contributed by atoms with Crippen LogP contribution in [0.15, 0.2) is 23.8 Å². The lowest BCUT2D eigenvalue weighted by atomic mass is 9.84. The SMILES string of the molecule is COc1cc(C=O)cc(I)c1O[C@H]1C=C(C(=O)NCCO)C[C@@H](N(C[C@H]2CCCO2)C(=O)CC2CC3CCC2C3)[C@@H]1O. The molecule has 1 saturated heterocycles. The lowest BCUT2D eigenvalue weighted by molar-refractivity contribution is -0.142. The monoisotopic (exact) mass is 696 g/mol. The molecule has 3 N–H and O–H groups in total. The van der Waals surface area contributed by atoms with Crippen LogP contribution in [0.25, 0.3) is 0 Å². The van der Waals surface area contributed by atoms with Crippen LogP contribution < -0.4 is 14.8 Å². The summed E-state index contributed by atoms with van der Waals surface area (Å²) in [5.74, 6) is 1.89. The van der Waals surface area contributed by atoms with Gasteiger partial charge in [0.1, 0.15) is 18.5 Å². The Morgan fingerprint density at radius 1 is 1.24 bits per heavy atom. The third kappa shape index (κ3) is 6.95. The van der Waals surface area contributed by atoms with Gasteiger partial charge < -0.3 is 34.6 Å². The number of nitrogens with zero attached hydrogens (tertiary/aromatic N) is 1. The number of aldehydes is 1. The van der Waals surface area contributed by atoms with Gasteiger partial charge in [-0.15, -0.1) is 0 Å². The highest BCUT2D eigenvalue weighted by molar-refractivity contribution is 14.1. The molecule has 4 aliphatic rings. The fraction of sp³-hybridized carbons (Fsp3) is 0.645. The first-order valence-corrected chi connectivity index (χ1v) is 16.1. The van der Waals surface area contributed by atoms with E-state index in [0.717, 1.165) is 19.3 Å². The summed E-state index contributed by atoms with van der Waals surface area (Å²) in [7, 11) is 1.47. The molecule has 3 unspecified atom stereocenters. The van der Waals surface area contributed by atoms with Gasteiger partial charge in [-0.05, 0) is 90.7 Å². The maximum absolute atomic E-state index is 14.1. The fourth-order valence-corrected chi connectivity index (χ4v) is 7.99. The Morgan fingerprint density at radius 3 is 2.71 bits per heavy atom. The maximum atomic E-state index is 14.1. The predicted octanol–water partition coefficient (Wildman–Crippen LogP) is 2.86. The van der Waals surface area contributed by atoms with Gasteiger partial charge in [-0.1, -0.05) is 6.42 Å². The van der Waals surface area contributed by atoms with E-state index in [0.29, 0.717) is 69.8 Å². The molecule has 2 bridgehead atoms. The smallest absolute Gasteiger partial charge is 0.247 e. The zero-order valence-electron chi connectivity index (χ0n) is 24.0. The number of carbonyl (C=O) groups excluding carboxylic acids is 3. The van der Waals surface area contributed by atoms with Gasteiger partial charge in [0, 0.05) is 43.7 Å². The number of fused-ring (bicyclic) bond motifs is 2. The van der Waals surface area contributed by atoms with Crippen molar-refractivity contribution in [2.75, 3.05) is 33.4 Å². The first-order chi connectivity index (χ1) is 20.3. The number of benzene rings is 1. The van der Waals surface area contributed by atoms with Gasteiger partial charge in [-0.3, -0.25) is 14.4 Å². The predicted molar refractivity (Wildman–Crippen MR) is 162 cm³/mol. The lowest BCUT2D eigenvalue weighted by Crippen LogP contribution is -2.56. The molecule has 2 saturated carbocycles. The summed E-state index contributed by atoms with van der Waals surface area (Å²) in [5, 5.41) is 23.8. The van der Waals surface area contributed by atoms with E-state index in [1.54, 1.807) is 23.1 Å². The Labute approximate surface area is 260 Å². The van der Waals surface area contributed by atoms with E-state index in [2.05, 4.69) is 5.32 Å². The summed E-state index contributed by atoms with van der Waals surface area (Å²) < 4.78 is 18.4. The zero-order chi connectivity index (χ0) is 29.8. The van der Waals surface area contributed by atoms with Crippen LogP contribution in [-0.4, -0.2) is 91.0 Å². The van der Waals surface area contributed by atoms with Gasteiger partial charge >= 0.3 is 0 Å². The molecule has 2 amide bonds. The number of hydrogen-bond acceptors (Lipinski definition) is 8. The Hall–Kier alpha value is -2.22. The minimum absolute atomic E-state index is 0.0228. The molecule has 42 heavy (non-hydrogen) atoms. The molecular formula is C31H41IN2O8. The summed E-state index contributed by atoms with van der Waals surface area (Å²) in [6.07, 6.45) is 7.08. The van der Waals surface area contributed by atoms with Crippen LogP contribution in [0.1, 0.15) is 61.7 Å². The molecule has 1 aromatic rings. The first-order valence-electron chi connectivity index (χ1n) is 15.0. The van der Waals surface area contributed by atoms with Crippen molar-refractivity contribution in [3.05, 3.63) is 32.9 Å². The Bertz CT molecular complexity index is 1190. The molecule has 0 radical (unpaired) electrons. The fourth-order valence-electron chi connectivity index (χ4n) is 7.24. The number of aliphatic hydroxyl groups is 2. The molecule has 3 fully saturated rings. The van der Waals surface area contributed by atoms with Gasteiger partial charge in [-0.25, -0.2) is 0 Å². The topological polar surface area (TPSA) is 135 Å². The zero-order valence-corrected chi connectivity index (χ0v) is 26.2. The number of rotatable bonds is 12. The molecule has 10 nitrogen and oxygen atoms in total. The number of hydrogen-bond donors (Lipinski definition) is 3. The van der Waals surface area contributed by atoms with Gasteiger partial charge in [0.25, 0.3) is 0 Å². The highest BCUT2D eigenvalue weighted by Gasteiger charge is 2.45. The van der Waals surface area contributed by atoms with Crippen molar-refractivity contribution in [3.8, 4) is 11.5 Å². The van der Waals surface area contributed by atoms with E-state index < -0.39 is 18.2 Å². The molecule has 1 aromatic carbocycles. The van der Waals surface area contributed by atoms with E-state index in [1.807, 2.05) is 22.6 Å². The first kappa shape index (κ1) is 31.2. The van der Waals surface area contributed by atoms with Crippen LogP contribution in [0, 0.1) is 21.3 Å². The minimum atomic E-state index is -1.14. The number of nitrogens with one attached hydrogen (secondary N) is 1. The van der Waals surface area contributed by atoms with Crippen LogP contribution in [0.2, 0.25) is 0 Å². The van der Waals surface area contributed by atoms with Crippen molar-refractivity contribution in [3.63, 3.8) is 0 Å². The summed E-state index contributed by atoms with van der Waals surface area (Å²) >= 11 is 2.04. The highest BCUT2D eigenvalue weighted by atomic mass is 127. The second kappa shape index (κ2) is 14.0. The van der Waals surface area contributed by atoms with Crippen LogP contribution in [-0.2, 0) is 14.3 Å². The molecule has 7 atom stereocenters.